The van der Waals surface area contributed by atoms with Crippen LogP contribution in [0.3, 0.4) is 0 Å². The average molecular weight is 396 g/mol. The molecule has 3 amide bonds. The first-order valence-corrected chi connectivity index (χ1v) is 9.91. The monoisotopic (exact) mass is 396 g/mol. The Balaban J connectivity index is 1.39. The van der Waals surface area contributed by atoms with Gasteiger partial charge in [-0.3, -0.25) is 19.8 Å². The zero-order valence-electron chi connectivity index (χ0n) is 16.6. The summed E-state index contributed by atoms with van der Waals surface area (Å²) >= 11 is 0. The van der Waals surface area contributed by atoms with Crippen molar-refractivity contribution in [3.63, 3.8) is 0 Å². The largest absolute Gasteiger partial charge is 0.485 e. The van der Waals surface area contributed by atoms with Gasteiger partial charge in [-0.05, 0) is 56.0 Å². The molecule has 2 heterocycles. The second kappa shape index (κ2) is 7.73. The highest BCUT2D eigenvalue weighted by molar-refractivity contribution is 6.07. The van der Waals surface area contributed by atoms with Crippen molar-refractivity contribution in [2.75, 3.05) is 0 Å². The Labute approximate surface area is 169 Å². The molecule has 2 aliphatic rings. The molecule has 1 aliphatic carbocycles. The molecule has 7 heteroatoms. The van der Waals surface area contributed by atoms with Crippen molar-refractivity contribution < 1.29 is 23.5 Å². The van der Waals surface area contributed by atoms with Gasteiger partial charge in [0.15, 0.2) is 5.76 Å². The summed E-state index contributed by atoms with van der Waals surface area (Å²) in [6.45, 7) is 4.11. The van der Waals surface area contributed by atoms with Gasteiger partial charge in [0.25, 0.3) is 11.8 Å². The highest BCUT2D eigenvalue weighted by Gasteiger charge is 2.49. The fourth-order valence-corrected chi connectivity index (χ4v) is 4.02. The predicted molar refractivity (Wildman–Crippen MR) is 104 cm³/mol. The van der Waals surface area contributed by atoms with E-state index in [0.717, 1.165) is 34.7 Å². The van der Waals surface area contributed by atoms with E-state index in [1.807, 2.05) is 32.0 Å². The van der Waals surface area contributed by atoms with E-state index < -0.39 is 5.91 Å². The fraction of sp³-hybridized carbons (Fsp3) is 0.409. The number of nitrogens with one attached hydrogen (secondary N) is 1. The lowest BCUT2D eigenvalue weighted by Gasteiger charge is -2.19. The van der Waals surface area contributed by atoms with Gasteiger partial charge in [-0.15, -0.1) is 0 Å². The number of imide groups is 1. The highest BCUT2D eigenvalue weighted by Crippen LogP contribution is 2.37. The Morgan fingerprint density at radius 2 is 1.79 bits per heavy atom. The van der Waals surface area contributed by atoms with E-state index in [9.17, 15) is 14.4 Å². The summed E-state index contributed by atoms with van der Waals surface area (Å²) in [6, 6.07) is 9.08. The fourth-order valence-electron chi connectivity index (χ4n) is 4.02. The molecule has 0 spiro atoms. The van der Waals surface area contributed by atoms with Crippen LogP contribution in [-0.4, -0.2) is 22.7 Å². The molecule has 0 radical (unpaired) electrons. The van der Waals surface area contributed by atoms with Crippen LogP contribution in [-0.2, 0) is 16.2 Å². The molecular weight excluding hydrogens is 372 g/mol. The molecule has 1 aromatic carbocycles. The number of benzene rings is 1. The summed E-state index contributed by atoms with van der Waals surface area (Å²) < 4.78 is 11.3. The molecule has 1 saturated heterocycles. The number of carbonyl (C=O) groups is 3. The van der Waals surface area contributed by atoms with Crippen molar-refractivity contribution in [2.45, 2.75) is 46.1 Å². The number of amides is 3. The van der Waals surface area contributed by atoms with Gasteiger partial charge in [-0.25, -0.2) is 0 Å². The molecular formula is C22H24N2O5. The number of fused-ring (bicyclic) bond motifs is 1. The first-order chi connectivity index (χ1) is 13.9. The third kappa shape index (κ3) is 3.77. The van der Waals surface area contributed by atoms with E-state index in [1.54, 1.807) is 6.07 Å². The van der Waals surface area contributed by atoms with Crippen molar-refractivity contribution in [1.82, 2.24) is 10.4 Å². The van der Waals surface area contributed by atoms with Gasteiger partial charge in [-0.2, -0.15) is 5.01 Å². The van der Waals surface area contributed by atoms with E-state index in [-0.39, 0.29) is 36.0 Å². The van der Waals surface area contributed by atoms with Gasteiger partial charge >= 0.3 is 5.91 Å². The smallest absolute Gasteiger partial charge is 0.305 e. The van der Waals surface area contributed by atoms with E-state index in [2.05, 4.69) is 5.43 Å². The van der Waals surface area contributed by atoms with Crippen LogP contribution in [0.5, 0.6) is 5.75 Å². The first kappa shape index (κ1) is 19.2. The average Bonchev–Trinajstić information content (AvgIpc) is 3.28. The van der Waals surface area contributed by atoms with Gasteiger partial charge in [0.05, 0.1) is 11.8 Å². The number of hydrazine groups is 1. The minimum Gasteiger partial charge on any atom is -0.485 e. The topological polar surface area (TPSA) is 88.9 Å². The Morgan fingerprint density at radius 1 is 1.10 bits per heavy atom. The Kier molecular flexibility index (Phi) is 5.13. The van der Waals surface area contributed by atoms with Gasteiger partial charge in [-0.1, -0.05) is 25.0 Å². The van der Waals surface area contributed by atoms with Gasteiger partial charge in [0.2, 0.25) is 0 Å². The quantitative estimate of drug-likeness (QED) is 0.784. The predicted octanol–water partition coefficient (Wildman–Crippen LogP) is 3.30. The standard InChI is InChI=1S/C22H24N2O5/c1-13-7-8-14(2)19(11-13)28-12-15-9-10-18(29-15)20(25)23-24-21(26)16-5-3-4-6-17(16)22(24)27/h7-11,16-17H,3-6,12H2,1-2H3,(H,23,25)/t16-,17-/m0/s1. The van der Waals surface area contributed by atoms with Crippen LogP contribution in [0.1, 0.15) is 53.1 Å². The van der Waals surface area contributed by atoms with Crippen molar-refractivity contribution in [3.05, 3.63) is 53.0 Å². The number of hydrogen-bond acceptors (Lipinski definition) is 5. The minimum absolute atomic E-state index is 0.0278. The zero-order chi connectivity index (χ0) is 20.5. The van der Waals surface area contributed by atoms with Crippen LogP contribution in [0.2, 0.25) is 0 Å². The van der Waals surface area contributed by atoms with Crippen molar-refractivity contribution >= 4 is 17.7 Å². The minimum atomic E-state index is -0.622. The molecule has 1 aliphatic heterocycles. The molecule has 2 aromatic rings. The van der Waals surface area contributed by atoms with Crippen LogP contribution >= 0.6 is 0 Å². The molecule has 2 atom stereocenters. The summed E-state index contributed by atoms with van der Waals surface area (Å²) in [6.07, 6.45) is 3.26. The number of hydrogen-bond donors (Lipinski definition) is 1. The second-order valence-corrected chi connectivity index (χ2v) is 7.77. The van der Waals surface area contributed by atoms with Crippen LogP contribution < -0.4 is 10.2 Å². The van der Waals surface area contributed by atoms with Crippen LogP contribution in [0.25, 0.3) is 0 Å². The van der Waals surface area contributed by atoms with Gasteiger partial charge < -0.3 is 9.15 Å². The van der Waals surface area contributed by atoms with Crippen LogP contribution in [0.15, 0.2) is 34.7 Å². The molecule has 2 fully saturated rings. The molecule has 4 rings (SSSR count). The lowest BCUT2D eigenvalue weighted by molar-refractivity contribution is -0.142. The van der Waals surface area contributed by atoms with Crippen molar-refractivity contribution in [2.24, 2.45) is 11.8 Å². The summed E-state index contributed by atoms with van der Waals surface area (Å²) in [7, 11) is 0. The molecule has 0 unspecified atom stereocenters. The third-order valence-electron chi connectivity index (χ3n) is 5.65. The van der Waals surface area contributed by atoms with Crippen LogP contribution in [0, 0.1) is 25.7 Å². The Morgan fingerprint density at radius 3 is 2.48 bits per heavy atom. The third-order valence-corrected chi connectivity index (χ3v) is 5.65. The zero-order valence-corrected chi connectivity index (χ0v) is 16.6. The van der Waals surface area contributed by atoms with E-state index in [0.29, 0.717) is 18.6 Å². The van der Waals surface area contributed by atoms with Gasteiger partial charge in [0, 0.05) is 0 Å². The molecule has 1 aromatic heterocycles. The summed E-state index contributed by atoms with van der Waals surface area (Å²) in [5, 5.41) is 0.873. The van der Waals surface area contributed by atoms with Gasteiger partial charge in [0.1, 0.15) is 18.1 Å². The van der Waals surface area contributed by atoms with E-state index in [1.165, 1.54) is 6.07 Å². The lowest BCUT2D eigenvalue weighted by Crippen LogP contribution is -2.46. The lowest BCUT2D eigenvalue weighted by atomic mass is 9.81. The summed E-state index contributed by atoms with van der Waals surface area (Å²) in [4.78, 5) is 37.5. The Bertz CT molecular complexity index is 940. The molecule has 0 bridgehead atoms. The highest BCUT2D eigenvalue weighted by atomic mass is 16.5. The van der Waals surface area contributed by atoms with Crippen molar-refractivity contribution in [1.29, 1.82) is 0 Å². The van der Waals surface area contributed by atoms with Crippen molar-refractivity contribution in [3.8, 4) is 5.75 Å². The number of nitrogens with zero attached hydrogens (tertiary/aromatic N) is 1. The SMILES string of the molecule is Cc1ccc(C)c(OCc2ccc(C(=O)NN3C(=O)[C@H]4CCCC[C@@H]4C3=O)o2)c1. The first-order valence-electron chi connectivity index (χ1n) is 9.91. The number of ether oxygens (including phenoxy) is 1. The number of furan rings is 1. The normalized spacial score (nSPS) is 21.2. The molecule has 152 valence electrons. The maximum absolute atomic E-state index is 12.5. The molecule has 7 nitrogen and oxygen atoms in total. The summed E-state index contributed by atoms with van der Waals surface area (Å²) in [5.41, 5.74) is 4.51. The van der Waals surface area contributed by atoms with E-state index >= 15 is 0 Å². The molecule has 29 heavy (non-hydrogen) atoms. The number of rotatable bonds is 5. The molecule has 1 saturated carbocycles. The van der Waals surface area contributed by atoms with E-state index in [4.69, 9.17) is 9.15 Å². The Hall–Kier alpha value is -3.09. The summed E-state index contributed by atoms with van der Waals surface area (Å²) in [5.74, 6) is -0.629. The molecule has 1 N–H and O–H groups in total. The maximum atomic E-state index is 12.5. The second-order valence-electron chi connectivity index (χ2n) is 7.77. The number of carbonyl (C=O) groups excluding carboxylic acids is 3. The maximum Gasteiger partial charge on any atom is 0.305 e. The van der Waals surface area contributed by atoms with Crippen LogP contribution in [0.4, 0.5) is 0 Å². The number of aryl methyl sites for hydroxylation is 2.